The number of carboxylic acids is 1. The molecule has 0 heterocycles. The summed E-state index contributed by atoms with van der Waals surface area (Å²) in [5, 5.41) is 31.9. The summed E-state index contributed by atoms with van der Waals surface area (Å²) in [6.07, 6.45) is -0.334. The molecular formula is C31H59N9O8. The van der Waals surface area contributed by atoms with Gasteiger partial charge in [-0.3, -0.25) is 29.0 Å². The van der Waals surface area contributed by atoms with E-state index in [1.54, 1.807) is 13.8 Å². The molecule has 0 saturated heterocycles. The first-order valence-corrected chi connectivity index (χ1v) is 16.4. The molecule has 0 radical (unpaired) electrons. The second kappa shape index (κ2) is 21.8. The summed E-state index contributed by atoms with van der Waals surface area (Å²) < 4.78 is 0. The molecule has 0 aliphatic carbocycles. The van der Waals surface area contributed by atoms with E-state index in [-0.39, 0.29) is 55.9 Å². The number of rotatable bonds is 22. The Morgan fingerprint density at radius 3 is 1.48 bits per heavy atom. The molecular weight excluding hydrogens is 626 g/mol. The van der Waals surface area contributed by atoms with Gasteiger partial charge in [0.05, 0.1) is 12.1 Å². The smallest absolute Gasteiger partial charge is 0.328 e. The van der Waals surface area contributed by atoms with Gasteiger partial charge in [-0.25, -0.2) is 4.79 Å². The zero-order valence-corrected chi connectivity index (χ0v) is 29.5. The first-order valence-electron chi connectivity index (χ1n) is 16.4. The molecule has 0 bridgehead atoms. The van der Waals surface area contributed by atoms with Gasteiger partial charge in [0.1, 0.15) is 24.2 Å². The van der Waals surface area contributed by atoms with Gasteiger partial charge in [-0.05, 0) is 63.7 Å². The van der Waals surface area contributed by atoms with Crippen molar-refractivity contribution in [1.82, 2.24) is 26.6 Å². The van der Waals surface area contributed by atoms with Gasteiger partial charge in [-0.2, -0.15) is 0 Å². The van der Waals surface area contributed by atoms with Crippen molar-refractivity contribution < 1.29 is 39.0 Å². The maximum absolute atomic E-state index is 13.6. The average Bonchev–Trinajstić information content (AvgIpc) is 2.94. The van der Waals surface area contributed by atoms with Crippen LogP contribution in [-0.4, -0.2) is 101 Å². The second-order valence-corrected chi connectivity index (χ2v) is 13.4. The van der Waals surface area contributed by atoms with Crippen LogP contribution in [0, 0.1) is 17.8 Å². The molecule has 0 unspecified atom stereocenters. The Bertz CT molecular complexity index is 1110. The fourth-order valence-electron chi connectivity index (χ4n) is 4.66. The van der Waals surface area contributed by atoms with Gasteiger partial charge in [0.15, 0.2) is 12.0 Å². The van der Waals surface area contributed by atoms with Gasteiger partial charge >= 0.3 is 5.97 Å². The van der Waals surface area contributed by atoms with Crippen LogP contribution in [0.1, 0.15) is 87.5 Å². The number of hydrogen-bond donors (Lipinski definition) is 10. The highest BCUT2D eigenvalue weighted by Gasteiger charge is 2.33. The number of carboxylic acid groups (broad SMARTS) is 1. The second-order valence-electron chi connectivity index (χ2n) is 13.4. The summed E-state index contributed by atoms with van der Waals surface area (Å²) >= 11 is 0. The van der Waals surface area contributed by atoms with Crippen LogP contribution in [0.3, 0.4) is 0 Å². The van der Waals surface area contributed by atoms with Crippen LogP contribution in [-0.2, 0) is 28.8 Å². The summed E-state index contributed by atoms with van der Waals surface area (Å²) in [5.41, 5.74) is 16.7. The lowest BCUT2D eigenvalue weighted by atomic mass is 9.99. The van der Waals surface area contributed by atoms with Crippen LogP contribution < -0.4 is 43.8 Å². The van der Waals surface area contributed by atoms with Crippen molar-refractivity contribution >= 4 is 41.5 Å². The van der Waals surface area contributed by atoms with Crippen molar-refractivity contribution in [3.8, 4) is 0 Å². The minimum Gasteiger partial charge on any atom is -0.480 e. The third-order valence-electron chi connectivity index (χ3n) is 7.12. The van der Waals surface area contributed by atoms with Crippen molar-refractivity contribution in [2.24, 2.45) is 39.9 Å². The Hall–Kier alpha value is -3.99. The minimum atomic E-state index is -1.60. The number of carbonyl (C=O) groups excluding carboxylic acids is 5. The van der Waals surface area contributed by atoms with Gasteiger partial charge in [0.25, 0.3) is 0 Å². The van der Waals surface area contributed by atoms with Gasteiger partial charge in [0, 0.05) is 6.54 Å². The molecule has 48 heavy (non-hydrogen) atoms. The quantitative estimate of drug-likeness (QED) is 0.0352. The van der Waals surface area contributed by atoms with Crippen LogP contribution in [0.5, 0.6) is 0 Å². The number of nitrogens with zero attached hydrogens (tertiary/aromatic N) is 1. The van der Waals surface area contributed by atoms with E-state index in [1.165, 1.54) is 13.8 Å². The molecule has 0 saturated carbocycles. The molecule has 0 rings (SSSR count). The third kappa shape index (κ3) is 17.8. The zero-order valence-electron chi connectivity index (χ0n) is 29.5. The molecule has 0 spiro atoms. The average molecular weight is 686 g/mol. The normalized spacial score (nSPS) is 15.7. The topological polar surface area (TPSA) is 293 Å². The van der Waals surface area contributed by atoms with E-state index in [0.29, 0.717) is 6.42 Å². The molecule has 0 aromatic heterocycles. The number of nitrogens with two attached hydrogens (primary N) is 3. The summed E-state index contributed by atoms with van der Waals surface area (Å²) in [4.78, 5) is 81.2. The minimum absolute atomic E-state index is 0.0756. The number of aliphatic imine (C=N–C) groups is 1. The molecule has 0 aliphatic heterocycles. The zero-order chi connectivity index (χ0) is 37.3. The van der Waals surface area contributed by atoms with Crippen molar-refractivity contribution in [1.29, 1.82) is 0 Å². The molecule has 17 nitrogen and oxygen atoms in total. The molecule has 276 valence electrons. The van der Waals surface area contributed by atoms with E-state index in [0.717, 1.165) is 0 Å². The lowest BCUT2D eigenvalue weighted by Crippen LogP contribution is -2.59. The van der Waals surface area contributed by atoms with E-state index >= 15 is 0 Å². The van der Waals surface area contributed by atoms with E-state index in [2.05, 4.69) is 31.6 Å². The van der Waals surface area contributed by atoms with Crippen LogP contribution in [0.4, 0.5) is 0 Å². The summed E-state index contributed by atoms with van der Waals surface area (Å²) in [6, 6.07) is -6.93. The number of nitrogens with one attached hydrogen (secondary N) is 5. The molecule has 0 aromatic rings. The number of hydrogen-bond acceptors (Lipinski definition) is 9. The van der Waals surface area contributed by atoms with Gasteiger partial charge in [0.2, 0.25) is 29.5 Å². The van der Waals surface area contributed by atoms with Crippen LogP contribution in [0.15, 0.2) is 4.99 Å². The van der Waals surface area contributed by atoms with Gasteiger partial charge in [-0.1, -0.05) is 41.5 Å². The first-order chi connectivity index (χ1) is 22.2. The fraction of sp³-hybridized carbons (Fsp3) is 0.774. The molecule has 17 heteroatoms. The number of guanidine groups is 1. The number of aliphatic carboxylic acids is 1. The number of amides is 5. The SMILES string of the molecule is CC(C)C[C@H](NC(=O)[C@H](CCCN=C(N)N)NC(=O)[C@H](C)NC(=O)[C@@H](N)CC(C)C)C(=O)N[C@@H](CC(C)C)C(=O)N[C@H](C(=O)O)[C@@H](C)O. The van der Waals surface area contributed by atoms with Crippen molar-refractivity contribution in [2.75, 3.05) is 6.54 Å². The standard InChI is InChI=1S/C31H59N9O8/c1-15(2)12-20(32)26(43)36-18(7)25(42)37-21(10-9-11-35-31(33)34)27(44)38-22(13-16(3)4)28(45)39-23(14-17(5)6)29(46)40-24(19(8)41)30(47)48/h15-24,41H,9-14,32H2,1-8H3,(H,36,43)(H,37,42)(H,38,44)(H,39,45)(H,40,46)(H,47,48)(H4,33,34,35)/t18-,19+,20-,21-,22-,23-,24-/m0/s1. The van der Waals surface area contributed by atoms with Gasteiger partial charge < -0.3 is 54.0 Å². The van der Waals surface area contributed by atoms with E-state index in [1.807, 2.05) is 27.7 Å². The maximum atomic E-state index is 13.6. The highest BCUT2D eigenvalue weighted by molar-refractivity contribution is 5.96. The third-order valence-corrected chi connectivity index (χ3v) is 7.12. The van der Waals surface area contributed by atoms with Crippen LogP contribution in [0.2, 0.25) is 0 Å². The Labute approximate surface area is 283 Å². The van der Waals surface area contributed by atoms with E-state index in [9.17, 15) is 39.0 Å². The molecule has 13 N–H and O–H groups in total. The predicted molar refractivity (Wildman–Crippen MR) is 181 cm³/mol. The Morgan fingerprint density at radius 2 is 1.06 bits per heavy atom. The Kier molecular flexibility index (Phi) is 20.0. The van der Waals surface area contributed by atoms with Crippen molar-refractivity contribution in [3.63, 3.8) is 0 Å². The molecule has 0 aliphatic rings. The highest BCUT2D eigenvalue weighted by Crippen LogP contribution is 2.11. The van der Waals surface area contributed by atoms with Gasteiger partial charge in [-0.15, -0.1) is 0 Å². The lowest BCUT2D eigenvalue weighted by molar-refractivity contribution is -0.145. The molecule has 0 aromatic carbocycles. The Morgan fingerprint density at radius 1 is 0.625 bits per heavy atom. The van der Waals surface area contributed by atoms with Crippen molar-refractivity contribution in [3.05, 3.63) is 0 Å². The monoisotopic (exact) mass is 685 g/mol. The summed E-state index contributed by atoms with van der Waals surface area (Å²) in [5.74, 6) is -5.01. The number of aliphatic hydroxyl groups is 1. The predicted octanol–water partition coefficient (Wildman–Crippen LogP) is -1.59. The van der Waals surface area contributed by atoms with Crippen molar-refractivity contribution in [2.45, 2.75) is 130 Å². The molecule has 5 amide bonds. The highest BCUT2D eigenvalue weighted by atomic mass is 16.4. The van der Waals surface area contributed by atoms with E-state index < -0.39 is 77.9 Å². The number of carbonyl (C=O) groups is 6. The Balaban J connectivity index is 6.04. The lowest BCUT2D eigenvalue weighted by Gasteiger charge is -2.28. The summed E-state index contributed by atoms with van der Waals surface area (Å²) in [6.45, 7) is 13.9. The largest absolute Gasteiger partial charge is 0.480 e. The molecule has 7 atom stereocenters. The maximum Gasteiger partial charge on any atom is 0.328 e. The fourth-order valence-corrected chi connectivity index (χ4v) is 4.66. The van der Waals surface area contributed by atoms with E-state index in [4.69, 9.17) is 17.2 Å². The molecule has 0 fully saturated rings. The van der Waals surface area contributed by atoms with Crippen LogP contribution in [0.25, 0.3) is 0 Å². The first kappa shape index (κ1) is 44.0. The van der Waals surface area contributed by atoms with Crippen LogP contribution >= 0.6 is 0 Å². The number of aliphatic hydroxyl groups excluding tert-OH is 1. The summed E-state index contributed by atoms with van der Waals surface area (Å²) in [7, 11) is 0.